The second kappa shape index (κ2) is 5.90. The van der Waals surface area contributed by atoms with E-state index in [1.54, 1.807) is 12.1 Å². The van der Waals surface area contributed by atoms with Gasteiger partial charge in [0.25, 0.3) is 11.5 Å². The Morgan fingerprint density at radius 1 is 1.22 bits per heavy atom. The Kier molecular flexibility index (Phi) is 3.93. The van der Waals surface area contributed by atoms with Crippen molar-refractivity contribution >= 4 is 45.7 Å². The molecule has 8 nitrogen and oxygen atoms in total. The zero-order chi connectivity index (χ0) is 16.6. The lowest BCUT2D eigenvalue weighted by atomic mass is 10.2. The molecule has 1 amide bonds. The summed E-state index contributed by atoms with van der Waals surface area (Å²) >= 11 is 12.1. The van der Waals surface area contributed by atoms with E-state index in [9.17, 15) is 14.7 Å². The number of amides is 1. The third kappa shape index (κ3) is 2.99. The van der Waals surface area contributed by atoms with Gasteiger partial charge in [-0.15, -0.1) is 10.2 Å². The summed E-state index contributed by atoms with van der Waals surface area (Å²) < 4.78 is 0. The molecule has 2 heterocycles. The lowest BCUT2D eigenvalue weighted by Crippen LogP contribution is -1.98. The molecule has 0 bridgehead atoms. The summed E-state index contributed by atoms with van der Waals surface area (Å²) in [6.07, 6.45) is -0.139. The number of azo groups is 1. The van der Waals surface area contributed by atoms with Crippen LogP contribution in [0.25, 0.3) is 10.9 Å². The van der Waals surface area contributed by atoms with E-state index in [2.05, 4.69) is 25.4 Å². The quantitative estimate of drug-likeness (QED) is 0.540. The molecule has 0 aliphatic rings. The Labute approximate surface area is 138 Å². The molecule has 3 aromatic rings. The number of halogens is 2. The van der Waals surface area contributed by atoms with Gasteiger partial charge in [-0.05, 0) is 12.1 Å². The minimum absolute atomic E-state index is 0.0170. The molecule has 2 aromatic heterocycles. The second-order valence-electron chi connectivity index (χ2n) is 4.66. The summed E-state index contributed by atoms with van der Waals surface area (Å²) in [5.74, 6) is -0.909. The SMILES string of the molecule is O=C(Cc1cc(=O)[nH][nH]1)N=Nc1c(O)[nH]c2c(Cl)ccc(Cl)c12. The number of aromatic nitrogens is 3. The molecule has 0 spiro atoms. The highest BCUT2D eigenvalue weighted by Crippen LogP contribution is 2.42. The minimum Gasteiger partial charge on any atom is -0.493 e. The van der Waals surface area contributed by atoms with Gasteiger partial charge in [0.1, 0.15) is 0 Å². The molecular formula is C13H9Cl2N5O3. The molecule has 0 atom stereocenters. The predicted octanol–water partition coefficient (Wildman–Crippen LogP) is 3.05. The molecule has 0 radical (unpaired) electrons. The van der Waals surface area contributed by atoms with Gasteiger partial charge in [0.05, 0.1) is 27.4 Å². The average molecular weight is 354 g/mol. The Balaban J connectivity index is 1.92. The number of fused-ring (bicyclic) bond motifs is 1. The lowest BCUT2D eigenvalue weighted by molar-refractivity contribution is -0.117. The molecule has 0 saturated carbocycles. The van der Waals surface area contributed by atoms with Crippen molar-refractivity contribution < 1.29 is 9.90 Å². The topological polar surface area (TPSA) is 126 Å². The molecule has 0 aliphatic carbocycles. The van der Waals surface area contributed by atoms with Gasteiger partial charge >= 0.3 is 0 Å². The number of benzene rings is 1. The van der Waals surface area contributed by atoms with Gasteiger partial charge in [-0.2, -0.15) is 0 Å². The fourth-order valence-electron chi connectivity index (χ4n) is 2.07. The van der Waals surface area contributed by atoms with E-state index < -0.39 is 5.91 Å². The van der Waals surface area contributed by atoms with Crippen LogP contribution in [0.3, 0.4) is 0 Å². The lowest BCUT2D eigenvalue weighted by Gasteiger charge is -1.97. The van der Waals surface area contributed by atoms with Crippen molar-refractivity contribution in [2.45, 2.75) is 6.42 Å². The third-order valence-electron chi connectivity index (χ3n) is 3.06. The van der Waals surface area contributed by atoms with Gasteiger partial charge in [0, 0.05) is 11.8 Å². The maximum Gasteiger partial charge on any atom is 0.270 e. The maximum absolute atomic E-state index is 11.8. The monoisotopic (exact) mass is 353 g/mol. The van der Waals surface area contributed by atoms with E-state index >= 15 is 0 Å². The zero-order valence-corrected chi connectivity index (χ0v) is 12.9. The number of aromatic amines is 3. The van der Waals surface area contributed by atoms with Crippen LogP contribution < -0.4 is 5.56 Å². The Bertz CT molecular complexity index is 985. The molecule has 4 N–H and O–H groups in total. The standard InChI is InChI=1S/C13H9Cl2N5O3/c14-6-1-2-7(15)11-10(6)12(13(23)16-11)20-19-9(22)4-5-3-8(21)18-17-5/h1-3,16,23H,4H2,(H2,17,18,21). The van der Waals surface area contributed by atoms with E-state index in [4.69, 9.17) is 23.2 Å². The first-order chi connectivity index (χ1) is 11.0. The fourth-order valence-corrected chi connectivity index (χ4v) is 2.52. The molecule has 118 valence electrons. The van der Waals surface area contributed by atoms with Crippen molar-refractivity contribution in [3.63, 3.8) is 0 Å². The molecule has 0 aliphatic heterocycles. The first-order valence-electron chi connectivity index (χ1n) is 6.35. The number of H-pyrrole nitrogens is 3. The number of nitrogens with zero attached hydrogens (tertiary/aromatic N) is 2. The number of aromatic hydroxyl groups is 1. The molecule has 0 fully saturated rings. The first-order valence-corrected chi connectivity index (χ1v) is 7.11. The molecule has 3 rings (SSSR count). The van der Waals surface area contributed by atoms with Gasteiger partial charge in [-0.3, -0.25) is 14.7 Å². The van der Waals surface area contributed by atoms with E-state index in [0.717, 1.165) is 0 Å². The number of carbonyl (C=O) groups excluding carboxylic acids is 1. The van der Waals surface area contributed by atoms with Crippen LogP contribution in [0.15, 0.2) is 33.2 Å². The van der Waals surface area contributed by atoms with Crippen LogP contribution >= 0.6 is 23.2 Å². The second-order valence-corrected chi connectivity index (χ2v) is 5.47. The largest absolute Gasteiger partial charge is 0.493 e. The summed E-state index contributed by atoms with van der Waals surface area (Å²) in [4.78, 5) is 25.4. The van der Waals surface area contributed by atoms with E-state index in [1.807, 2.05) is 0 Å². The number of nitrogens with one attached hydrogen (secondary N) is 3. The smallest absolute Gasteiger partial charge is 0.270 e. The highest BCUT2D eigenvalue weighted by molar-refractivity contribution is 6.41. The van der Waals surface area contributed by atoms with Crippen molar-refractivity contribution in [2.75, 3.05) is 0 Å². The van der Waals surface area contributed by atoms with Crippen molar-refractivity contribution in [1.82, 2.24) is 15.2 Å². The van der Waals surface area contributed by atoms with Gasteiger partial charge in [-0.25, -0.2) is 0 Å². The minimum atomic E-state index is -0.604. The Hall–Kier alpha value is -2.58. The van der Waals surface area contributed by atoms with Crippen LogP contribution in [0.5, 0.6) is 5.88 Å². The fraction of sp³-hybridized carbons (Fsp3) is 0.0769. The average Bonchev–Trinajstić information content (AvgIpc) is 3.05. The van der Waals surface area contributed by atoms with Gasteiger partial charge in [0.2, 0.25) is 5.88 Å². The summed E-state index contributed by atoms with van der Waals surface area (Å²) in [7, 11) is 0. The van der Waals surface area contributed by atoms with Gasteiger partial charge in [-0.1, -0.05) is 23.2 Å². The molecule has 0 unspecified atom stereocenters. The van der Waals surface area contributed by atoms with E-state index in [-0.39, 0.29) is 23.5 Å². The van der Waals surface area contributed by atoms with Crippen molar-refractivity contribution in [3.8, 4) is 5.88 Å². The molecule has 23 heavy (non-hydrogen) atoms. The van der Waals surface area contributed by atoms with Gasteiger partial charge < -0.3 is 15.2 Å². The predicted molar refractivity (Wildman–Crippen MR) is 84.6 cm³/mol. The Morgan fingerprint density at radius 2 is 1.96 bits per heavy atom. The van der Waals surface area contributed by atoms with E-state index in [1.165, 1.54) is 6.07 Å². The molecule has 1 aromatic carbocycles. The Morgan fingerprint density at radius 3 is 2.65 bits per heavy atom. The van der Waals surface area contributed by atoms with E-state index in [0.29, 0.717) is 26.6 Å². The third-order valence-corrected chi connectivity index (χ3v) is 3.69. The summed E-state index contributed by atoms with van der Waals surface area (Å²) in [6.45, 7) is 0. The normalized spacial score (nSPS) is 11.6. The molecular weight excluding hydrogens is 345 g/mol. The van der Waals surface area contributed by atoms with Crippen molar-refractivity contribution in [3.05, 3.63) is 44.3 Å². The van der Waals surface area contributed by atoms with Crippen molar-refractivity contribution in [1.29, 1.82) is 0 Å². The maximum atomic E-state index is 11.8. The number of hydrogen-bond donors (Lipinski definition) is 4. The summed E-state index contributed by atoms with van der Waals surface area (Å²) in [5.41, 5.74) is 0.444. The number of carbonyl (C=O) groups is 1. The van der Waals surface area contributed by atoms with Crippen molar-refractivity contribution in [2.24, 2.45) is 10.2 Å². The summed E-state index contributed by atoms with van der Waals surface area (Å²) in [6, 6.07) is 4.36. The highest BCUT2D eigenvalue weighted by atomic mass is 35.5. The zero-order valence-electron chi connectivity index (χ0n) is 11.4. The van der Waals surface area contributed by atoms with Crippen LogP contribution in [-0.4, -0.2) is 26.2 Å². The van der Waals surface area contributed by atoms with Crippen LogP contribution in [0.4, 0.5) is 5.69 Å². The van der Waals surface area contributed by atoms with Crippen LogP contribution in [-0.2, 0) is 11.2 Å². The van der Waals surface area contributed by atoms with Gasteiger partial charge in [0.15, 0.2) is 5.69 Å². The number of rotatable bonds is 3. The van der Waals surface area contributed by atoms with Crippen LogP contribution in [0.1, 0.15) is 5.69 Å². The van der Waals surface area contributed by atoms with Crippen LogP contribution in [0.2, 0.25) is 10.0 Å². The first kappa shape index (κ1) is 15.3. The van der Waals surface area contributed by atoms with Crippen LogP contribution in [0, 0.1) is 0 Å². The molecule has 10 heteroatoms. The molecule has 0 saturated heterocycles. The highest BCUT2D eigenvalue weighted by Gasteiger charge is 2.16. The summed E-state index contributed by atoms with van der Waals surface area (Å²) in [5, 5.41) is 23.0. The number of hydrogen-bond acceptors (Lipinski definition) is 4.